The van der Waals surface area contributed by atoms with Gasteiger partial charge in [-0.25, -0.2) is 19.3 Å². The molecular weight excluding hydrogens is 668 g/mol. The monoisotopic (exact) mass is 700 g/mol. The maximum absolute atomic E-state index is 14.3. The molecule has 1 fully saturated rings. The minimum Gasteiger partial charge on any atom is -0.496 e. The van der Waals surface area contributed by atoms with Crippen LogP contribution in [0.4, 0.5) is 10.2 Å². The van der Waals surface area contributed by atoms with Crippen molar-refractivity contribution in [2.24, 2.45) is 0 Å². The van der Waals surface area contributed by atoms with Gasteiger partial charge in [-0.15, -0.1) is 16.4 Å². The molecule has 51 heavy (non-hydrogen) atoms. The van der Waals surface area contributed by atoms with E-state index in [1.807, 2.05) is 29.2 Å². The molecule has 12 heteroatoms. The number of aromatic amines is 1. The van der Waals surface area contributed by atoms with Gasteiger partial charge in [0.05, 0.1) is 46.4 Å². The van der Waals surface area contributed by atoms with Crippen LogP contribution < -0.4 is 15.8 Å². The quantitative estimate of drug-likeness (QED) is 0.175. The van der Waals surface area contributed by atoms with Crippen LogP contribution in [-0.2, 0) is 19.3 Å². The van der Waals surface area contributed by atoms with Crippen LogP contribution in [0.1, 0.15) is 87.7 Å². The number of hydrogen-bond acceptors (Lipinski definition) is 9. The molecule has 0 bridgehead atoms. The zero-order valence-electron chi connectivity index (χ0n) is 27.8. The van der Waals surface area contributed by atoms with Gasteiger partial charge in [0.15, 0.2) is 0 Å². The van der Waals surface area contributed by atoms with E-state index in [0.29, 0.717) is 35.3 Å². The number of nitrogens with zero attached hydrogens (tertiary/aromatic N) is 4. The molecule has 1 amide bonds. The molecule has 10 rings (SSSR count). The van der Waals surface area contributed by atoms with Gasteiger partial charge in [0, 0.05) is 23.2 Å². The lowest BCUT2D eigenvalue weighted by Crippen LogP contribution is -2.22. The lowest BCUT2D eigenvalue weighted by Gasteiger charge is -2.19. The third-order valence-corrected chi connectivity index (χ3v) is 12.4. The molecule has 4 aromatic heterocycles. The molecule has 0 saturated carbocycles. The third kappa shape index (κ3) is 4.76. The summed E-state index contributed by atoms with van der Waals surface area (Å²) in [5.74, 6) is 0.864. The maximum Gasteiger partial charge on any atom is 0.434 e. The van der Waals surface area contributed by atoms with E-state index in [1.165, 1.54) is 17.2 Å². The number of aromatic nitrogens is 4. The fourth-order valence-electron chi connectivity index (χ4n) is 8.95. The minimum absolute atomic E-state index is 0.0622. The molecule has 0 spiro atoms. The van der Waals surface area contributed by atoms with Crippen LogP contribution in [0.2, 0.25) is 0 Å². The fraction of sp³-hybridized carbons (Fsp3) is 0.308. The van der Waals surface area contributed by atoms with Crippen molar-refractivity contribution in [2.45, 2.75) is 62.9 Å². The van der Waals surface area contributed by atoms with Crippen molar-refractivity contribution >= 4 is 33.1 Å². The topological polar surface area (TPSA) is 126 Å². The first kappa shape index (κ1) is 30.5. The highest BCUT2D eigenvalue weighted by atomic mass is 32.1. The van der Waals surface area contributed by atoms with Gasteiger partial charge in [0.25, 0.3) is 11.8 Å². The molecule has 256 valence electrons. The number of thiophene rings is 1. The van der Waals surface area contributed by atoms with Crippen LogP contribution in [0.5, 0.6) is 5.75 Å². The summed E-state index contributed by atoms with van der Waals surface area (Å²) in [5.41, 5.74) is 7.79. The minimum atomic E-state index is -0.684. The molecule has 2 aliphatic carbocycles. The van der Waals surface area contributed by atoms with Gasteiger partial charge < -0.3 is 19.4 Å². The molecule has 2 aliphatic heterocycles. The lowest BCUT2D eigenvalue weighted by atomic mass is 9.89. The van der Waals surface area contributed by atoms with E-state index in [1.54, 1.807) is 30.7 Å². The van der Waals surface area contributed by atoms with E-state index in [4.69, 9.17) is 19.1 Å². The number of H-pyrrole nitrogens is 1. The standard InChI is InChI=1S/C39H33FN6O4S/c1-49-29-6-2-4-24-25(29)11-12-26(24)43-36-35-21(13-14-41-36)18-30(51-35)32-31(37-44-45-39(48)50-37)27(17-20-8-7-19-16-22(40)9-10-23(19)20)42-34-28-5-3-15-46(28)38(47)33(32)34/h2,4,6,9-10,13-14,16,18,20,26,28H,3,5,7-8,11-12,15,17H2,1H3,(H,41,43)(H,45,48)/t20-,26+,28+/m1/s1. The van der Waals surface area contributed by atoms with Gasteiger partial charge in [0.1, 0.15) is 17.4 Å². The Kier molecular flexibility index (Phi) is 6.92. The predicted molar refractivity (Wildman–Crippen MR) is 191 cm³/mol. The van der Waals surface area contributed by atoms with Crippen LogP contribution in [0, 0.1) is 5.82 Å². The Morgan fingerprint density at radius 2 is 1.98 bits per heavy atom. The molecule has 3 atom stereocenters. The van der Waals surface area contributed by atoms with Crippen LogP contribution >= 0.6 is 11.3 Å². The molecule has 4 aliphatic rings. The summed E-state index contributed by atoms with van der Waals surface area (Å²) >= 11 is 1.56. The highest BCUT2D eigenvalue weighted by Gasteiger charge is 2.45. The van der Waals surface area contributed by atoms with Crippen molar-refractivity contribution in [3.05, 3.63) is 110 Å². The molecule has 6 aromatic rings. The van der Waals surface area contributed by atoms with Crippen LogP contribution in [-0.4, -0.2) is 44.6 Å². The third-order valence-electron chi connectivity index (χ3n) is 11.2. The summed E-state index contributed by atoms with van der Waals surface area (Å²) in [7, 11) is 1.71. The zero-order valence-corrected chi connectivity index (χ0v) is 28.6. The number of nitrogens with one attached hydrogen (secondary N) is 2. The van der Waals surface area contributed by atoms with Gasteiger partial charge in [-0.2, -0.15) is 0 Å². The summed E-state index contributed by atoms with van der Waals surface area (Å²) in [6.45, 7) is 0.668. The number of rotatable bonds is 7. The van der Waals surface area contributed by atoms with Crippen molar-refractivity contribution in [1.29, 1.82) is 0 Å². The van der Waals surface area contributed by atoms with Gasteiger partial charge >= 0.3 is 5.76 Å². The second-order valence-electron chi connectivity index (χ2n) is 13.9. The highest BCUT2D eigenvalue weighted by molar-refractivity contribution is 7.23. The normalized spacial score (nSPS) is 20.2. The molecule has 1 saturated heterocycles. The number of aryl methyl sites for hydroxylation is 1. The Labute approximate surface area is 295 Å². The average molecular weight is 701 g/mol. The lowest BCUT2D eigenvalue weighted by molar-refractivity contribution is 0.0776. The largest absolute Gasteiger partial charge is 0.496 e. The first-order chi connectivity index (χ1) is 24.9. The number of fused-ring (bicyclic) bond motifs is 6. The first-order valence-electron chi connectivity index (χ1n) is 17.5. The molecule has 2 aromatic carbocycles. The summed E-state index contributed by atoms with van der Waals surface area (Å²) < 4.78 is 26.5. The van der Waals surface area contributed by atoms with Gasteiger partial charge in [0.2, 0.25) is 0 Å². The van der Waals surface area contributed by atoms with Crippen molar-refractivity contribution in [3.63, 3.8) is 0 Å². The van der Waals surface area contributed by atoms with Crippen molar-refractivity contribution in [3.8, 4) is 27.6 Å². The van der Waals surface area contributed by atoms with E-state index in [2.05, 4.69) is 27.6 Å². The zero-order chi connectivity index (χ0) is 34.4. The van der Waals surface area contributed by atoms with Crippen molar-refractivity contribution < 1.29 is 18.3 Å². The maximum atomic E-state index is 14.3. The van der Waals surface area contributed by atoms with Crippen LogP contribution in [0.25, 0.3) is 32.0 Å². The predicted octanol–water partition coefficient (Wildman–Crippen LogP) is 7.51. The number of ether oxygens (including phenoxy) is 1. The number of hydrogen-bond donors (Lipinski definition) is 2. The van der Waals surface area contributed by atoms with E-state index >= 15 is 0 Å². The summed E-state index contributed by atoms with van der Waals surface area (Å²) in [5, 5.41) is 11.5. The number of halogens is 1. The molecule has 6 heterocycles. The van der Waals surface area contributed by atoms with E-state index in [9.17, 15) is 14.0 Å². The summed E-state index contributed by atoms with van der Waals surface area (Å²) in [4.78, 5) is 39.6. The van der Waals surface area contributed by atoms with E-state index in [0.717, 1.165) is 81.9 Å². The Hall–Kier alpha value is -5.36. The number of anilines is 1. The van der Waals surface area contributed by atoms with Gasteiger partial charge in [-0.3, -0.25) is 9.78 Å². The first-order valence-corrected chi connectivity index (χ1v) is 18.3. The van der Waals surface area contributed by atoms with E-state index in [-0.39, 0.29) is 35.6 Å². The van der Waals surface area contributed by atoms with Gasteiger partial charge in [-0.1, -0.05) is 18.2 Å². The number of amides is 1. The molecule has 0 unspecified atom stereocenters. The van der Waals surface area contributed by atoms with Crippen molar-refractivity contribution in [1.82, 2.24) is 25.1 Å². The van der Waals surface area contributed by atoms with Crippen LogP contribution in [0.3, 0.4) is 0 Å². The Morgan fingerprint density at radius 3 is 2.84 bits per heavy atom. The van der Waals surface area contributed by atoms with Crippen molar-refractivity contribution in [2.75, 3.05) is 19.0 Å². The number of benzene rings is 2. The molecule has 2 N–H and O–H groups in total. The second-order valence-corrected chi connectivity index (χ2v) is 14.9. The second kappa shape index (κ2) is 11.6. The number of carbonyl (C=O) groups is 1. The van der Waals surface area contributed by atoms with Crippen LogP contribution in [0.15, 0.2) is 63.9 Å². The number of pyridine rings is 2. The fourth-order valence-corrected chi connectivity index (χ4v) is 10.1. The Morgan fingerprint density at radius 1 is 1.06 bits per heavy atom. The SMILES string of the molecule is COc1cccc2c1CC[C@@H]2Nc1nccc2cc(-c3c4c(nc(C[C@H]5CCc6cc(F)ccc65)c3-c3n[nH]c(=O)o3)[C@@H]3CCCN3C4=O)sc12. The highest BCUT2D eigenvalue weighted by Crippen LogP contribution is 2.51. The molecule has 10 nitrogen and oxygen atoms in total. The molecular formula is C39H33FN6O4S. The van der Waals surface area contributed by atoms with E-state index < -0.39 is 5.76 Å². The van der Waals surface area contributed by atoms with Gasteiger partial charge in [-0.05, 0) is 109 Å². The summed E-state index contributed by atoms with van der Waals surface area (Å²) in [6, 6.07) is 15.2. The molecule has 0 radical (unpaired) electrons. The number of methoxy groups -OCH3 is 1. The number of carbonyl (C=O) groups excluding carboxylic acids is 1. The average Bonchev–Trinajstić information content (AvgIpc) is 3.99. The smallest absolute Gasteiger partial charge is 0.434 e. The summed E-state index contributed by atoms with van der Waals surface area (Å²) in [6.07, 6.45) is 7.52. The Bertz CT molecular complexity index is 2470. The Balaban J connectivity index is 1.15.